The minimum atomic E-state index is -0.960. The molecule has 2 aliphatic heterocycles. The van der Waals surface area contributed by atoms with Crippen LogP contribution in [0.15, 0.2) is 66.0 Å². The smallest absolute Gasteiger partial charge is 0.262 e. The van der Waals surface area contributed by atoms with Crippen molar-refractivity contribution in [1.29, 1.82) is 0 Å². The molecular weight excluding hydrogens is 779 g/mol. The fourth-order valence-corrected chi connectivity index (χ4v) is 8.85. The number of nitrogens with one attached hydrogen (secondary N) is 4. The van der Waals surface area contributed by atoms with Gasteiger partial charge in [0.25, 0.3) is 11.8 Å². The molecule has 0 spiro atoms. The van der Waals surface area contributed by atoms with Gasteiger partial charge < -0.3 is 25.4 Å². The number of carbonyl (C=O) groups is 4. The first-order chi connectivity index (χ1) is 29.1. The molecule has 2 unspecified atom stereocenters. The summed E-state index contributed by atoms with van der Waals surface area (Å²) in [6.45, 7) is 6.59. The van der Waals surface area contributed by atoms with E-state index in [0.29, 0.717) is 17.3 Å². The molecule has 314 valence electrons. The van der Waals surface area contributed by atoms with Gasteiger partial charge in [0.1, 0.15) is 17.7 Å². The van der Waals surface area contributed by atoms with Crippen molar-refractivity contribution in [2.45, 2.75) is 90.3 Å². The molecule has 0 saturated carbocycles. The number of methoxy groups -OCH3 is 2. The summed E-state index contributed by atoms with van der Waals surface area (Å²) < 4.78 is 11.1. The number of aryl methyl sites for hydroxylation is 1. The summed E-state index contributed by atoms with van der Waals surface area (Å²) in [5, 5.41) is 16.0. The Balaban J connectivity index is 0.796. The number of aromatic nitrogens is 2. The van der Waals surface area contributed by atoms with E-state index in [9.17, 15) is 19.2 Å². The molecule has 0 aliphatic carbocycles. The van der Waals surface area contributed by atoms with Crippen LogP contribution in [0.25, 0.3) is 22.0 Å². The first-order valence-electron chi connectivity index (χ1n) is 20.8. The fraction of sp³-hybridized carbons (Fsp3) is 0.391. The average molecular weight is 832 g/mol. The van der Waals surface area contributed by atoms with Gasteiger partial charge in [-0.05, 0) is 92.1 Å². The second-order valence-electron chi connectivity index (χ2n) is 15.4. The summed E-state index contributed by atoms with van der Waals surface area (Å²) in [5.41, 5.74) is 5.88. The van der Waals surface area contributed by atoms with Crippen LogP contribution in [0.4, 0.5) is 11.5 Å². The molecule has 4 N–H and O–H groups in total. The van der Waals surface area contributed by atoms with Crippen LogP contribution in [-0.2, 0) is 16.1 Å². The van der Waals surface area contributed by atoms with Crippen LogP contribution in [0.5, 0.6) is 11.5 Å². The number of amides is 4. The third kappa shape index (κ3) is 9.61. The molecule has 4 heterocycles. The van der Waals surface area contributed by atoms with Gasteiger partial charge in [0.05, 0.1) is 36.9 Å². The second kappa shape index (κ2) is 19.5. The van der Waals surface area contributed by atoms with E-state index < -0.39 is 23.8 Å². The number of hydrogen-bond acceptors (Lipinski definition) is 12. The van der Waals surface area contributed by atoms with Gasteiger partial charge in [-0.3, -0.25) is 29.4 Å². The Kier molecular flexibility index (Phi) is 13.7. The summed E-state index contributed by atoms with van der Waals surface area (Å²) in [4.78, 5) is 61.5. The minimum absolute atomic E-state index is 0.0248. The molecule has 1 saturated heterocycles. The molecule has 7 rings (SSSR count). The van der Waals surface area contributed by atoms with E-state index >= 15 is 0 Å². The maximum absolute atomic E-state index is 13.1. The molecule has 2 aromatic heterocycles. The van der Waals surface area contributed by atoms with Gasteiger partial charge in [-0.2, -0.15) is 0 Å². The van der Waals surface area contributed by atoms with Crippen molar-refractivity contribution in [3.05, 3.63) is 93.4 Å². The van der Waals surface area contributed by atoms with Gasteiger partial charge in [-0.25, -0.2) is 9.97 Å². The third-order valence-corrected chi connectivity index (χ3v) is 12.3. The quantitative estimate of drug-likeness (QED) is 0.0442. The highest BCUT2D eigenvalue weighted by Gasteiger charge is 2.44. The van der Waals surface area contributed by atoms with E-state index in [1.165, 1.54) is 40.8 Å². The monoisotopic (exact) mass is 831 g/mol. The Hall–Kier alpha value is -5.86. The number of carbonyl (C=O) groups excluding carboxylic acids is 4. The number of piperidine rings is 1. The highest BCUT2D eigenvalue weighted by atomic mass is 32.1. The van der Waals surface area contributed by atoms with E-state index in [-0.39, 0.29) is 35.9 Å². The van der Waals surface area contributed by atoms with Gasteiger partial charge >= 0.3 is 0 Å². The van der Waals surface area contributed by atoms with Crippen molar-refractivity contribution in [3.8, 4) is 22.6 Å². The van der Waals surface area contributed by atoms with Crippen LogP contribution in [0.1, 0.15) is 108 Å². The summed E-state index contributed by atoms with van der Waals surface area (Å²) in [6.07, 6.45) is 8.22. The van der Waals surface area contributed by atoms with E-state index in [1.54, 1.807) is 43.8 Å². The minimum Gasteiger partial charge on any atom is -0.493 e. The van der Waals surface area contributed by atoms with E-state index in [1.807, 2.05) is 19.1 Å². The van der Waals surface area contributed by atoms with Crippen molar-refractivity contribution >= 4 is 57.4 Å². The largest absolute Gasteiger partial charge is 0.493 e. The molecule has 1 fully saturated rings. The van der Waals surface area contributed by atoms with Crippen molar-refractivity contribution in [2.75, 3.05) is 37.9 Å². The zero-order chi connectivity index (χ0) is 42.2. The van der Waals surface area contributed by atoms with Gasteiger partial charge in [-0.15, -0.1) is 11.3 Å². The molecule has 13 nitrogen and oxygen atoms in total. The van der Waals surface area contributed by atoms with Crippen molar-refractivity contribution < 1.29 is 28.7 Å². The Morgan fingerprint density at radius 2 is 1.55 bits per heavy atom. The third-order valence-electron chi connectivity index (χ3n) is 11.2. The zero-order valence-corrected chi connectivity index (χ0v) is 35.5. The SMILES string of the molecule is COc1cc2nc(C)nc(NC(C)c3cc(-c4ccccc4CNCCCCCCCCCNc4ccc5c(c4)C(=O)N(C4CCC(=O)NC4=O)C5=O)cs3)c2cc1OC. The van der Waals surface area contributed by atoms with E-state index in [4.69, 9.17) is 14.5 Å². The van der Waals surface area contributed by atoms with Crippen LogP contribution in [-0.4, -0.2) is 71.8 Å². The predicted octanol–water partition coefficient (Wildman–Crippen LogP) is 8.19. The molecule has 2 atom stereocenters. The molecule has 2 aliphatic rings. The number of benzene rings is 3. The van der Waals surface area contributed by atoms with Crippen molar-refractivity contribution in [3.63, 3.8) is 0 Å². The Morgan fingerprint density at radius 1 is 0.833 bits per heavy atom. The summed E-state index contributed by atoms with van der Waals surface area (Å²) in [5.74, 6) is 0.733. The van der Waals surface area contributed by atoms with Crippen LogP contribution < -0.4 is 30.7 Å². The number of fused-ring (bicyclic) bond motifs is 2. The first-order valence-corrected chi connectivity index (χ1v) is 21.7. The first kappa shape index (κ1) is 42.3. The lowest BCUT2D eigenvalue weighted by molar-refractivity contribution is -0.136. The van der Waals surface area contributed by atoms with E-state index in [0.717, 1.165) is 72.6 Å². The molecule has 4 amide bonds. The number of ether oxygens (including phenoxy) is 2. The molecule has 0 radical (unpaired) electrons. The standard InChI is InChI=1S/C46H53N7O6S/c1-28(49-43-36-24-39(58-3)40(59-4)25-37(36)50-29(2)51-43)41-22-31(27-60-41)33-15-11-10-14-30(33)26-47-20-12-8-6-5-7-9-13-21-48-32-16-17-34-35(23-32)46(57)53(45(34)56)38-18-19-42(54)52-44(38)55/h10-11,14-17,22-25,27-28,38,47-48H,5-9,12-13,18-21,26H2,1-4H3,(H,49,50,51)(H,52,54,55). The second-order valence-corrected chi connectivity index (χ2v) is 16.3. The van der Waals surface area contributed by atoms with Crippen molar-refractivity contribution in [2.24, 2.45) is 0 Å². The fourth-order valence-electron chi connectivity index (χ4n) is 7.93. The molecule has 60 heavy (non-hydrogen) atoms. The topological polar surface area (TPSA) is 164 Å². The number of rotatable bonds is 20. The lowest BCUT2D eigenvalue weighted by Gasteiger charge is -2.27. The molecule has 3 aromatic carbocycles. The number of unbranched alkanes of at least 4 members (excludes halogenated alkanes) is 6. The molecule has 0 bridgehead atoms. The molecule has 14 heteroatoms. The maximum atomic E-state index is 13.1. The number of anilines is 2. The van der Waals surface area contributed by atoms with Crippen LogP contribution >= 0.6 is 11.3 Å². The highest BCUT2D eigenvalue weighted by molar-refractivity contribution is 7.10. The highest BCUT2D eigenvalue weighted by Crippen LogP contribution is 2.37. The summed E-state index contributed by atoms with van der Waals surface area (Å²) in [6, 6.07) is 18.9. The van der Waals surface area contributed by atoms with Gasteiger partial charge in [0.15, 0.2) is 11.5 Å². The summed E-state index contributed by atoms with van der Waals surface area (Å²) in [7, 11) is 3.25. The predicted molar refractivity (Wildman–Crippen MR) is 235 cm³/mol. The molecular formula is C46H53N7O6S. The van der Waals surface area contributed by atoms with Gasteiger partial charge in [-0.1, -0.05) is 56.4 Å². The van der Waals surface area contributed by atoms with Gasteiger partial charge in [0, 0.05) is 41.5 Å². The Bertz CT molecular complexity index is 2380. The van der Waals surface area contributed by atoms with Crippen LogP contribution in [0, 0.1) is 6.92 Å². The maximum Gasteiger partial charge on any atom is 0.262 e. The van der Waals surface area contributed by atoms with Crippen LogP contribution in [0.2, 0.25) is 0 Å². The van der Waals surface area contributed by atoms with Gasteiger partial charge in [0.2, 0.25) is 11.8 Å². The summed E-state index contributed by atoms with van der Waals surface area (Å²) >= 11 is 1.74. The van der Waals surface area contributed by atoms with Crippen LogP contribution in [0.3, 0.4) is 0 Å². The number of imide groups is 2. The van der Waals surface area contributed by atoms with E-state index in [2.05, 4.69) is 68.9 Å². The number of thiophene rings is 1. The lowest BCUT2D eigenvalue weighted by Crippen LogP contribution is -2.54. The molecule has 5 aromatic rings. The Morgan fingerprint density at radius 3 is 2.32 bits per heavy atom. The number of hydrogen-bond donors (Lipinski definition) is 4. The number of nitrogens with zero attached hydrogens (tertiary/aromatic N) is 3. The normalized spacial score (nSPS) is 15.6. The Labute approximate surface area is 354 Å². The zero-order valence-electron chi connectivity index (χ0n) is 34.7. The average Bonchev–Trinajstić information content (AvgIpc) is 3.83. The lowest BCUT2D eigenvalue weighted by atomic mass is 10.0. The van der Waals surface area contributed by atoms with Crippen molar-refractivity contribution in [1.82, 2.24) is 25.5 Å².